The number of aromatic nitrogens is 2. The van der Waals surface area contributed by atoms with E-state index in [9.17, 15) is 0 Å². The molecule has 1 heterocycles. The van der Waals surface area contributed by atoms with E-state index in [2.05, 4.69) is 17.3 Å². The molecule has 1 aliphatic rings. The van der Waals surface area contributed by atoms with Gasteiger partial charge in [-0.25, -0.2) is 0 Å². The Kier molecular flexibility index (Phi) is 3.36. The zero-order valence-corrected chi connectivity index (χ0v) is 10.2. The lowest BCUT2D eigenvalue weighted by molar-refractivity contribution is 0.268. The Morgan fingerprint density at radius 1 is 1.50 bits per heavy atom. The molecule has 2 atom stereocenters. The van der Waals surface area contributed by atoms with Crippen LogP contribution in [0, 0.1) is 11.8 Å². The van der Waals surface area contributed by atoms with E-state index in [-0.39, 0.29) is 0 Å². The number of rotatable bonds is 3. The highest BCUT2D eigenvalue weighted by molar-refractivity contribution is 5.59. The van der Waals surface area contributed by atoms with E-state index in [4.69, 9.17) is 5.73 Å². The first-order chi connectivity index (χ1) is 7.66. The van der Waals surface area contributed by atoms with Crippen LogP contribution >= 0.6 is 0 Å². The van der Waals surface area contributed by atoms with Gasteiger partial charge in [-0.2, -0.15) is 5.10 Å². The molecule has 4 heteroatoms. The van der Waals surface area contributed by atoms with E-state index in [1.165, 1.54) is 25.7 Å². The van der Waals surface area contributed by atoms with Crippen LogP contribution in [-0.4, -0.2) is 16.3 Å². The molecule has 4 nitrogen and oxygen atoms in total. The molecule has 90 valence electrons. The zero-order valence-electron chi connectivity index (χ0n) is 10.2. The standard InChI is InChI=1S/C12H22N4/c1-9-5-3-4-6-10(9)7-14-12-11(13)8-16(2)15-12/h8-10H,3-7,13H2,1-2H3,(H,14,15). The number of anilines is 2. The van der Waals surface area contributed by atoms with Crippen LogP contribution in [0.1, 0.15) is 32.6 Å². The third-order valence-electron chi connectivity index (χ3n) is 3.68. The van der Waals surface area contributed by atoms with Gasteiger partial charge in [-0.3, -0.25) is 4.68 Å². The normalized spacial score (nSPS) is 25.6. The SMILES string of the molecule is CC1CCCCC1CNc1nn(C)cc1N. The molecule has 1 aliphatic carbocycles. The third kappa shape index (κ3) is 2.49. The van der Waals surface area contributed by atoms with E-state index in [0.29, 0.717) is 0 Å². The molecule has 0 bridgehead atoms. The zero-order chi connectivity index (χ0) is 11.5. The Bertz CT molecular complexity index is 345. The van der Waals surface area contributed by atoms with E-state index in [0.717, 1.165) is 29.9 Å². The maximum Gasteiger partial charge on any atom is 0.171 e. The van der Waals surface area contributed by atoms with Crippen molar-refractivity contribution in [3.05, 3.63) is 6.20 Å². The summed E-state index contributed by atoms with van der Waals surface area (Å²) in [7, 11) is 1.89. The molecule has 0 aliphatic heterocycles. The Labute approximate surface area is 97.2 Å². The first-order valence-electron chi connectivity index (χ1n) is 6.20. The minimum atomic E-state index is 0.742. The number of nitrogens with one attached hydrogen (secondary N) is 1. The molecule has 0 amide bonds. The van der Waals surface area contributed by atoms with E-state index >= 15 is 0 Å². The Morgan fingerprint density at radius 2 is 2.25 bits per heavy atom. The highest BCUT2D eigenvalue weighted by Gasteiger charge is 2.21. The van der Waals surface area contributed by atoms with Gasteiger partial charge >= 0.3 is 0 Å². The number of hydrogen-bond acceptors (Lipinski definition) is 3. The van der Waals surface area contributed by atoms with Crippen molar-refractivity contribution in [2.75, 3.05) is 17.6 Å². The van der Waals surface area contributed by atoms with Crippen molar-refractivity contribution in [1.29, 1.82) is 0 Å². The van der Waals surface area contributed by atoms with Crippen LogP contribution in [0.25, 0.3) is 0 Å². The van der Waals surface area contributed by atoms with Crippen LogP contribution < -0.4 is 11.1 Å². The first-order valence-corrected chi connectivity index (χ1v) is 6.20. The summed E-state index contributed by atoms with van der Waals surface area (Å²) in [5.41, 5.74) is 6.59. The molecule has 2 rings (SSSR count). The number of nitrogens with two attached hydrogens (primary N) is 1. The van der Waals surface area contributed by atoms with Crippen molar-refractivity contribution >= 4 is 11.5 Å². The van der Waals surface area contributed by atoms with Gasteiger partial charge < -0.3 is 11.1 Å². The average molecular weight is 222 g/mol. The summed E-state index contributed by atoms with van der Waals surface area (Å²) in [5.74, 6) is 2.43. The second kappa shape index (κ2) is 4.76. The molecule has 16 heavy (non-hydrogen) atoms. The predicted molar refractivity (Wildman–Crippen MR) is 67.2 cm³/mol. The van der Waals surface area contributed by atoms with Gasteiger partial charge in [0.25, 0.3) is 0 Å². The monoisotopic (exact) mass is 222 g/mol. The van der Waals surface area contributed by atoms with E-state index in [1.54, 1.807) is 4.68 Å². The summed E-state index contributed by atoms with van der Waals surface area (Å²) in [4.78, 5) is 0. The van der Waals surface area contributed by atoms with Crippen LogP contribution in [0.5, 0.6) is 0 Å². The van der Waals surface area contributed by atoms with Crippen LogP contribution in [0.2, 0.25) is 0 Å². The summed E-state index contributed by atoms with van der Waals surface area (Å²) < 4.78 is 1.75. The molecule has 0 aromatic carbocycles. The van der Waals surface area contributed by atoms with Crippen molar-refractivity contribution in [3.8, 4) is 0 Å². The van der Waals surface area contributed by atoms with Crippen molar-refractivity contribution in [2.45, 2.75) is 32.6 Å². The van der Waals surface area contributed by atoms with Gasteiger partial charge in [-0.1, -0.05) is 26.2 Å². The second-order valence-corrected chi connectivity index (χ2v) is 5.01. The molecule has 3 N–H and O–H groups in total. The number of hydrogen-bond donors (Lipinski definition) is 2. The Hall–Kier alpha value is -1.19. The molecular weight excluding hydrogens is 200 g/mol. The second-order valence-electron chi connectivity index (χ2n) is 5.01. The minimum Gasteiger partial charge on any atom is -0.394 e. The van der Waals surface area contributed by atoms with Gasteiger partial charge in [-0.15, -0.1) is 0 Å². The molecule has 2 unspecified atom stereocenters. The minimum absolute atomic E-state index is 0.742. The van der Waals surface area contributed by atoms with Crippen LogP contribution in [0.15, 0.2) is 6.20 Å². The van der Waals surface area contributed by atoms with E-state index in [1.807, 2.05) is 13.2 Å². The maximum absolute atomic E-state index is 5.85. The summed E-state index contributed by atoms with van der Waals surface area (Å²) in [6.45, 7) is 3.36. The van der Waals surface area contributed by atoms with Crippen molar-refractivity contribution in [1.82, 2.24) is 9.78 Å². The summed E-state index contributed by atoms with van der Waals surface area (Å²) in [6.07, 6.45) is 7.30. The molecule has 1 saturated carbocycles. The van der Waals surface area contributed by atoms with Gasteiger partial charge in [0.2, 0.25) is 0 Å². The molecule has 0 radical (unpaired) electrons. The van der Waals surface area contributed by atoms with Crippen LogP contribution in [0.4, 0.5) is 11.5 Å². The average Bonchev–Trinajstić information content (AvgIpc) is 2.56. The fourth-order valence-corrected chi connectivity index (χ4v) is 2.57. The van der Waals surface area contributed by atoms with Gasteiger partial charge in [0.05, 0.1) is 5.69 Å². The smallest absolute Gasteiger partial charge is 0.171 e. The van der Waals surface area contributed by atoms with E-state index < -0.39 is 0 Å². The van der Waals surface area contributed by atoms with Gasteiger partial charge in [0.15, 0.2) is 5.82 Å². The number of nitrogens with zero attached hydrogens (tertiary/aromatic N) is 2. The van der Waals surface area contributed by atoms with Gasteiger partial charge in [0, 0.05) is 19.8 Å². The molecule has 1 aromatic heterocycles. The highest BCUT2D eigenvalue weighted by Crippen LogP contribution is 2.29. The predicted octanol–water partition coefficient (Wildman–Crippen LogP) is 2.24. The number of aryl methyl sites for hydroxylation is 1. The van der Waals surface area contributed by atoms with Crippen LogP contribution in [-0.2, 0) is 7.05 Å². The third-order valence-corrected chi connectivity index (χ3v) is 3.68. The molecule has 0 spiro atoms. The van der Waals surface area contributed by atoms with Crippen molar-refractivity contribution in [3.63, 3.8) is 0 Å². The Balaban J connectivity index is 1.89. The summed E-state index contributed by atoms with van der Waals surface area (Å²) in [5, 5.41) is 7.68. The topological polar surface area (TPSA) is 55.9 Å². The van der Waals surface area contributed by atoms with Gasteiger partial charge in [0.1, 0.15) is 0 Å². The van der Waals surface area contributed by atoms with Crippen molar-refractivity contribution < 1.29 is 0 Å². The molecule has 0 saturated heterocycles. The first kappa shape index (κ1) is 11.3. The fourth-order valence-electron chi connectivity index (χ4n) is 2.57. The van der Waals surface area contributed by atoms with Crippen molar-refractivity contribution in [2.24, 2.45) is 18.9 Å². The molecule has 1 fully saturated rings. The molecule has 1 aromatic rings. The van der Waals surface area contributed by atoms with Crippen LogP contribution in [0.3, 0.4) is 0 Å². The quantitative estimate of drug-likeness (QED) is 0.824. The maximum atomic E-state index is 5.85. The van der Waals surface area contributed by atoms with Gasteiger partial charge in [-0.05, 0) is 18.3 Å². The largest absolute Gasteiger partial charge is 0.394 e. The lowest BCUT2D eigenvalue weighted by atomic mass is 9.80. The lowest BCUT2D eigenvalue weighted by Crippen LogP contribution is -2.24. The summed E-state index contributed by atoms with van der Waals surface area (Å²) >= 11 is 0. The fraction of sp³-hybridized carbons (Fsp3) is 0.750. The number of nitrogen functional groups attached to an aromatic ring is 1. The lowest BCUT2D eigenvalue weighted by Gasteiger charge is -2.28. The highest BCUT2D eigenvalue weighted by atomic mass is 15.3. The molecular formula is C12H22N4. The Morgan fingerprint density at radius 3 is 2.88 bits per heavy atom. The summed E-state index contributed by atoms with van der Waals surface area (Å²) in [6, 6.07) is 0.